The van der Waals surface area contributed by atoms with Gasteiger partial charge in [0.1, 0.15) is 17.6 Å². The summed E-state index contributed by atoms with van der Waals surface area (Å²) in [6.45, 7) is 6.76. The molecule has 0 aliphatic carbocycles. The van der Waals surface area contributed by atoms with Crippen LogP contribution < -0.4 is 14.8 Å². The molecule has 2 amide bonds. The van der Waals surface area contributed by atoms with Gasteiger partial charge in [0.25, 0.3) is 0 Å². The number of hydrogen-bond donors (Lipinski definition) is 1. The average molecular weight is 612 g/mol. The number of methoxy groups -OCH3 is 1. The molecule has 10 heteroatoms. The van der Waals surface area contributed by atoms with Crippen molar-refractivity contribution in [2.75, 3.05) is 20.2 Å². The first kappa shape index (κ1) is 31.6. The number of nitrogens with zero attached hydrogens (tertiary/aromatic N) is 4. The van der Waals surface area contributed by atoms with Crippen molar-refractivity contribution in [3.8, 4) is 28.6 Å². The van der Waals surface area contributed by atoms with Crippen LogP contribution in [0.25, 0.3) is 11.4 Å². The fourth-order valence-corrected chi connectivity index (χ4v) is 5.54. The molecule has 0 saturated carbocycles. The highest BCUT2D eigenvalue weighted by atomic mass is 19.1. The Morgan fingerprint density at radius 3 is 2.31 bits per heavy atom. The van der Waals surface area contributed by atoms with Crippen molar-refractivity contribution in [3.63, 3.8) is 0 Å². The SMILES string of the molecule is COc1ccccc1Oc1cccc(F)c1CN1C[C@@H](C)N(C(=O)C(C)C)[C@@H](C(=O)NCc2ccc(-c3ncccn3)cc2)C1. The first-order chi connectivity index (χ1) is 21.7. The van der Waals surface area contributed by atoms with E-state index in [1.54, 1.807) is 54.7 Å². The number of carbonyl (C=O) groups excluding carboxylic acids is 2. The van der Waals surface area contributed by atoms with Crippen LogP contribution in [0.3, 0.4) is 0 Å². The molecule has 0 spiro atoms. The van der Waals surface area contributed by atoms with Crippen LogP contribution in [0.4, 0.5) is 4.39 Å². The highest BCUT2D eigenvalue weighted by Gasteiger charge is 2.40. The Morgan fingerprint density at radius 2 is 1.62 bits per heavy atom. The second-order valence-electron chi connectivity index (χ2n) is 11.4. The number of para-hydroxylation sites is 2. The van der Waals surface area contributed by atoms with Gasteiger partial charge in [0.05, 0.1) is 7.11 Å². The monoisotopic (exact) mass is 611 g/mol. The van der Waals surface area contributed by atoms with Crippen LogP contribution in [0.1, 0.15) is 31.9 Å². The summed E-state index contributed by atoms with van der Waals surface area (Å²) in [5.74, 6) is 0.916. The van der Waals surface area contributed by atoms with Crippen molar-refractivity contribution in [1.82, 2.24) is 25.1 Å². The number of aromatic nitrogens is 2. The molecule has 0 radical (unpaired) electrons. The molecule has 1 saturated heterocycles. The van der Waals surface area contributed by atoms with Crippen LogP contribution in [0, 0.1) is 11.7 Å². The Bertz CT molecular complexity index is 1620. The topological polar surface area (TPSA) is 96.9 Å². The smallest absolute Gasteiger partial charge is 0.244 e. The Labute approximate surface area is 263 Å². The van der Waals surface area contributed by atoms with Gasteiger partial charge in [-0.05, 0) is 42.8 Å². The second-order valence-corrected chi connectivity index (χ2v) is 11.4. The molecule has 45 heavy (non-hydrogen) atoms. The van der Waals surface area contributed by atoms with Gasteiger partial charge in [0.15, 0.2) is 17.3 Å². The van der Waals surface area contributed by atoms with Crippen LogP contribution >= 0.6 is 0 Å². The van der Waals surface area contributed by atoms with E-state index in [9.17, 15) is 9.59 Å². The summed E-state index contributed by atoms with van der Waals surface area (Å²) in [7, 11) is 1.55. The maximum Gasteiger partial charge on any atom is 0.244 e. The number of carbonyl (C=O) groups is 2. The van der Waals surface area contributed by atoms with Gasteiger partial charge in [-0.3, -0.25) is 14.5 Å². The van der Waals surface area contributed by atoms with E-state index in [0.29, 0.717) is 35.2 Å². The molecule has 1 aromatic heterocycles. The minimum atomic E-state index is -0.758. The molecule has 1 aliphatic heterocycles. The molecule has 1 aliphatic rings. The number of benzene rings is 3. The van der Waals surface area contributed by atoms with Crippen LogP contribution in [0.15, 0.2) is 85.2 Å². The van der Waals surface area contributed by atoms with Crippen molar-refractivity contribution < 1.29 is 23.5 Å². The summed E-state index contributed by atoms with van der Waals surface area (Å²) >= 11 is 0. The normalized spacial score (nSPS) is 16.8. The molecule has 2 heterocycles. The van der Waals surface area contributed by atoms with Gasteiger partial charge in [-0.15, -0.1) is 0 Å². The van der Waals surface area contributed by atoms with E-state index >= 15 is 4.39 Å². The number of hydrogen-bond acceptors (Lipinski definition) is 7. The third-order valence-corrected chi connectivity index (χ3v) is 7.81. The average Bonchev–Trinajstić information content (AvgIpc) is 3.05. The molecule has 0 unspecified atom stereocenters. The third-order valence-electron chi connectivity index (χ3n) is 7.81. The van der Waals surface area contributed by atoms with Gasteiger partial charge in [0.2, 0.25) is 11.8 Å². The summed E-state index contributed by atoms with van der Waals surface area (Å²) in [6, 6.07) is 20.3. The van der Waals surface area contributed by atoms with Crippen molar-refractivity contribution in [1.29, 1.82) is 0 Å². The van der Waals surface area contributed by atoms with Crippen molar-refractivity contribution in [3.05, 3.63) is 102 Å². The Hall–Kier alpha value is -4.83. The molecule has 3 aromatic carbocycles. The number of rotatable bonds is 10. The summed E-state index contributed by atoms with van der Waals surface area (Å²) in [4.78, 5) is 39.3. The Balaban J connectivity index is 1.33. The first-order valence-electron chi connectivity index (χ1n) is 15.0. The van der Waals surface area contributed by atoms with Crippen LogP contribution in [-0.4, -0.2) is 63.9 Å². The fourth-order valence-electron chi connectivity index (χ4n) is 5.54. The number of ether oxygens (including phenoxy) is 2. The van der Waals surface area contributed by atoms with Gasteiger partial charge in [-0.2, -0.15) is 0 Å². The van der Waals surface area contributed by atoms with Crippen molar-refractivity contribution in [2.24, 2.45) is 5.92 Å². The van der Waals surface area contributed by atoms with E-state index in [0.717, 1.165) is 11.1 Å². The summed E-state index contributed by atoms with van der Waals surface area (Å²) in [5, 5.41) is 3.02. The van der Waals surface area contributed by atoms with Gasteiger partial charge in [-0.25, -0.2) is 14.4 Å². The zero-order valence-electron chi connectivity index (χ0n) is 25.9. The van der Waals surface area contributed by atoms with E-state index in [1.807, 2.05) is 62.1 Å². The van der Waals surface area contributed by atoms with E-state index < -0.39 is 11.9 Å². The zero-order valence-corrected chi connectivity index (χ0v) is 25.9. The Kier molecular flexibility index (Phi) is 10.0. The maximum atomic E-state index is 15.3. The fraction of sp³-hybridized carbons (Fsp3) is 0.314. The largest absolute Gasteiger partial charge is 0.493 e. The summed E-state index contributed by atoms with van der Waals surface area (Å²) in [5.41, 5.74) is 2.13. The highest BCUT2D eigenvalue weighted by molar-refractivity contribution is 5.89. The lowest BCUT2D eigenvalue weighted by Crippen LogP contribution is -2.64. The third kappa shape index (κ3) is 7.46. The number of halogens is 1. The minimum Gasteiger partial charge on any atom is -0.493 e. The van der Waals surface area contributed by atoms with Gasteiger partial charge in [0, 0.05) is 61.7 Å². The second kappa shape index (κ2) is 14.3. The molecule has 1 N–H and O–H groups in total. The zero-order chi connectivity index (χ0) is 31.9. The summed E-state index contributed by atoms with van der Waals surface area (Å²) in [6.07, 6.45) is 3.38. The molecule has 1 fully saturated rings. The molecule has 2 atom stereocenters. The van der Waals surface area contributed by atoms with E-state index in [1.165, 1.54) is 6.07 Å². The van der Waals surface area contributed by atoms with Crippen molar-refractivity contribution in [2.45, 2.75) is 45.9 Å². The quantitative estimate of drug-likeness (QED) is 0.255. The van der Waals surface area contributed by atoms with Crippen LogP contribution in [0.5, 0.6) is 17.2 Å². The van der Waals surface area contributed by atoms with Gasteiger partial charge >= 0.3 is 0 Å². The minimum absolute atomic E-state index is 0.0967. The predicted molar refractivity (Wildman–Crippen MR) is 169 cm³/mol. The number of nitrogens with one attached hydrogen (secondary N) is 1. The molecular weight excluding hydrogens is 573 g/mol. The standard InChI is InChI=1S/C35H38FN5O4/c1-23(2)35(43)41-24(3)20-40(21-27-28(36)9-7-12-30(27)45-32-11-6-5-10-31(32)44-4)22-29(41)34(42)39-19-25-13-15-26(16-14-25)33-37-17-8-18-38-33/h5-18,23-24,29H,19-22H2,1-4H3,(H,39,42)/t24-,29-/m1/s1. The van der Waals surface area contributed by atoms with Crippen LogP contribution in [0.2, 0.25) is 0 Å². The van der Waals surface area contributed by atoms with E-state index in [-0.39, 0.29) is 43.4 Å². The molecule has 234 valence electrons. The number of amides is 2. The van der Waals surface area contributed by atoms with Crippen LogP contribution in [-0.2, 0) is 22.7 Å². The lowest BCUT2D eigenvalue weighted by Gasteiger charge is -2.45. The van der Waals surface area contributed by atoms with Gasteiger partial charge in [-0.1, -0.05) is 56.3 Å². The van der Waals surface area contributed by atoms with Gasteiger partial charge < -0.3 is 19.7 Å². The molecular formula is C35H38FN5O4. The van der Waals surface area contributed by atoms with E-state index in [4.69, 9.17) is 9.47 Å². The molecule has 5 rings (SSSR count). The number of piperazine rings is 1. The molecule has 9 nitrogen and oxygen atoms in total. The van der Waals surface area contributed by atoms with Crippen molar-refractivity contribution >= 4 is 11.8 Å². The molecule has 0 bridgehead atoms. The Morgan fingerprint density at radius 1 is 0.933 bits per heavy atom. The lowest BCUT2D eigenvalue weighted by molar-refractivity contribution is -0.150. The molecule has 4 aromatic rings. The highest BCUT2D eigenvalue weighted by Crippen LogP contribution is 2.34. The summed E-state index contributed by atoms with van der Waals surface area (Å²) < 4.78 is 26.8. The maximum absolute atomic E-state index is 15.3. The first-order valence-corrected chi connectivity index (χ1v) is 15.0. The lowest BCUT2D eigenvalue weighted by atomic mass is 10.0. The van der Waals surface area contributed by atoms with E-state index in [2.05, 4.69) is 15.3 Å². The predicted octanol–water partition coefficient (Wildman–Crippen LogP) is 5.46.